The highest BCUT2D eigenvalue weighted by molar-refractivity contribution is 5.14. The third kappa shape index (κ3) is 2.13. The van der Waals surface area contributed by atoms with E-state index in [1.54, 1.807) is 6.26 Å². The summed E-state index contributed by atoms with van der Waals surface area (Å²) >= 11 is 0. The smallest absolute Gasteiger partial charge is 0.109 e. The maximum Gasteiger partial charge on any atom is 0.109 e. The molecular formula is C13H16N2O2. The molecule has 1 aliphatic heterocycles. The summed E-state index contributed by atoms with van der Waals surface area (Å²) in [6.07, 6.45) is 6.51. The van der Waals surface area contributed by atoms with Crippen LogP contribution in [0.4, 0.5) is 0 Å². The van der Waals surface area contributed by atoms with Crippen LogP contribution in [-0.4, -0.2) is 21.3 Å². The Labute approximate surface area is 99.9 Å². The van der Waals surface area contributed by atoms with Crippen LogP contribution in [0, 0.1) is 5.92 Å². The molecule has 0 aliphatic carbocycles. The molecular weight excluding hydrogens is 216 g/mol. The summed E-state index contributed by atoms with van der Waals surface area (Å²) in [6, 6.07) is 3.86. The fourth-order valence-electron chi connectivity index (χ4n) is 2.40. The van der Waals surface area contributed by atoms with Gasteiger partial charge in [0.2, 0.25) is 0 Å². The molecule has 2 aromatic rings. The van der Waals surface area contributed by atoms with Crippen molar-refractivity contribution in [2.45, 2.75) is 25.8 Å². The van der Waals surface area contributed by atoms with Crippen molar-refractivity contribution < 1.29 is 9.52 Å². The van der Waals surface area contributed by atoms with Crippen molar-refractivity contribution in [2.24, 2.45) is 5.92 Å². The minimum atomic E-state index is 0.269. The van der Waals surface area contributed by atoms with E-state index in [4.69, 9.17) is 4.42 Å². The number of aryl methyl sites for hydroxylation is 1. The van der Waals surface area contributed by atoms with E-state index >= 15 is 0 Å². The summed E-state index contributed by atoms with van der Waals surface area (Å²) in [5.41, 5.74) is 1.05. The zero-order chi connectivity index (χ0) is 11.7. The molecule has 1 aliphatic rings. The number of imidazole rings is 1. The Morgan fingerprint density at radius 1 is 1.53 bits per heavy atom. The molecule has 90 valence electrons. The van der Waals surface area contributed by atoms with Crippen molar-refractivity contribution in [3.63, 3.8) is 0 Å². The largest absolute Gasteiger partial charge is 0.469 e. The predicted octanol–water partition coefficient (Wildman–Crippen LogP) is 1.62. The van der Waals surface area contributed by atoms with Crippen LogP contribution in [0.15, 0.2) is 29.0 Å². The zero-order valence-electron chi connectivity index (χ0n) is 9.67. The molecule has 0 amide bonds. The maximum absolute atomic E-state index is 9.18. The Balaban J connectivity index is 1.78. The lowest BCUT2D eigenvalue weighted by atomic mass is 10.0. The van der Waals surface area contributed by atoms with Gasteiger partial charge >= 0.3 is 0 Å². The van der Waals surface area contributed by atoms with E-state index in [0.717, 1.165) is 43.1 Å². The molecule has 3 rings (SSSR count). The minimum absolute atomic E-state index is 0.269. The number of hydrogen-bond acceptors (Lipinski definition) is 3. The van der Waals surface area contributed by atoms with E-state index in [-0.39, 0.29) is 6.61 Å². The van der Waals surface area contributed by atoms with Crippen molar-refractivity contribution in [2.75, 3.05) is 6.61 Å². The van der Waals surface area contributed by atoms with Crippen LogP contribution in [-0.2, 0) is 19.4 Å². The van der Waals surface area contributed by atoms with Gasteiger partial charge in [0, 0.05) is 38.1 Å². The summed E-state index contributed by atoms with van der Waals surface area (Å²) in [7, 11) is 0. The molecule has 4 heteroatoms. The molecule has 3 heterocycles. The van der Waals surface area contributed by atoms with Crippen LogP contribution in [0.25, 0.3) is 0 Å². The first-order valence-electron chi connectivity index (χ1n) is 6.03. The third-order valence-corrected chi connectivity index (χ3v) is 3.33. The van der Waals surface area contributed by atoms with E-state index in [0.29, 0.717) is 5.92 Å². The molecule has 0 fully saturated rings. The molecule has 0 spiro atoms. The second kappa shape index (κ2) is 4.37. The van der Waals surface area contributed by atoms with Gasteiger partial charge in [0.05, 0.1) is 12.0 Å². The fourth-order valence-corrected chi connectivity index (χ4v) is 2.40. The summed E-state index contributed by atoms with van der Waals surface area (Å²) in [5.74, 6) is 2.46. The Bertz CT molecular complexity index is 487. The molecule has 1 atom stereocenters. The molecule has 1 N–H and O–H groups in total. The van der Waals surface area contributed by atoms with Crippen molar-refractivity contribution in [3.8, 4) is 0 Å². The van der Waals surface area contributed by atoms with Crippen molar-refractivity contribution in [1.82, 2.24) is 9.55 Å². The first kappa shape index (κ1) is 10.6. The molecule has 0 bridgehead atoms. The predicted molar refractivity (Wildman–Crippen MR) is 62.6 cm³/mol. The highest BCUT2D eigenvalue weighted by Crippen LogP contribution is 2.20. The average Bonchev–Trinajstić information content (AvgIpc) is 2.96. The molecule has 0 saturated heterocycles. The zero-order valence-corrected chi connectivity index (χ0v) is 9.67. The van der Waals surface area contributed by atoms with Gasteiger partial charge in [0.1, 0.15) is 11.6 Å². The lowest BCUT2D eigenvalue weighted by Crippen LogP contribution is -2.22. The number of aromatic nitrogens is 2. The van der Waals surface area contributed by atoms with Gasteiger partial charge in [-0.1, -0.05) is 0 Å². The normalized spacial score (nSPS) is 19.2. The first-order valence-corrected chi connectivity index (χ1v) is 6.03. The van der Waals surface area contributed by atoms with Gasteiger partial charge in [-0.05, 0) is 18.6 Å². The number of nitrogens with zero attached hydrogens (tertiary/aromatic N) is 2. The highest BCUT2D eigenvalue weighted by Gasteiger charge is 2.19. The average molecular weight is 232 g/mol. The summed E-state index contributed by atoms with van der Waals surface area (Å²) in [6.45, 7) is 1.15. The van der Waals surface area contributed by atoms with Gasteiger partial charge in [-0.25, -0.2) is 4.98 Å². The Morgan fingerprint density at radius 2 is 2.47 bits per heavy atom. The van der Waals surface area contributed by atoms with Crippen LogP contribution in [0.5, 0.6) is 0 Å². The second-order valence-electron chi connectivity index (χ2n) is 4.64. The summed E-state index contributed by atoms with van der Waals surface area (Å²) < 4.78 is 7.49. The van der Waals surface area contributed by atoms with Gasteiger partial charge in [0.25, 0.3) is 0 Å². The molecule has 0 saturated carbocycles. The van der Waals surface area contributed by atoms with Crippen molar-refractivity contribution in [1.29, 1.82) is 0 Å². The molecule has 0 radical (unpaired) electrons. The number of aliphatic hydroxyl groups excluding tert-OH is 1. The Hall–Kier alpha value is -1.55. The minimum Gasteiger partial charge on any atom is -0.469 e. The van der Waals surface area contributed by atoms with Crippen molar-refractivity contribution >= 4 is 0 Å². The van der Waals surface area contributed by atoms with Crippen LogP contribution in [0.3, 0.4) is 0 Å². The second-order valence-corrected chi connectivity index (χ2v) is 4.64. The summed E-state index contributed by atoms with van der Waals surface area (Å²) in [5, 5.41) is 9.18. The quantitative estimate of drug-likeness (QED) is 0.875. The molecule has 17 heavy (non-hydrogen) atoms. The van der Waals surface area contributed by atoms with Crippen LogP contribution in [0.1, 0.15) is 23.7 Å². The fraction of sp³-hybridized carbons (Fsp3) is 0.462. The van der Waals surface area contributed by atoms with Gasteiger partial charge in [-0.15, -0.1) is 0 Å². The topological polar surface area (TPSA) is 51.2 Å². The lowest BCUT2D eigenvalue weighted by molar-refractivity contribution is 0.190. The van der Waals surface area contributed by atoms with E-state index in [2.05, 4.69) is 15.7 Å². The molecule has 1 unspecified atom stereocenters. The number of hydrogen-bond donors (Lipinski definition) is 1. The number of rotatable bonds is 3. The Kier molecular flexibility index (Phi) is 2.73. The van der Waals surface area contributed by atoms with Crippen LogP contribution >= 0.6 is 0 Å². The van der Waals surface area contributed by atoms with Crippen LogP contribution < -0.4 is 0 Å². The van der Waals surface area contributed by atoms with E-state index < -0.39 is 0 Å². The SMILES string of the molecule is OCC1CCc2nc(Cc3ccco3)cn2C1. The van der Waals surface area contributed by atoms with Crippen molar-refractivity contribution in [3.05, 3.63) is 41.9 Å². The van der Waals surface area contributed by atoms with Gasteiger partial charge < -0.3 is 14.1 Å². The van der Waals surface area contributed by atoms with Gasteiger partial charge in [-0.3, -0.25) is 0 Å². The highest BCUT2D eigenvalue weighted by atomic mass is 16.3. The van der Waals surface area contributed by atoms with Gasteiger partial charge in [0.15, 0.2) is 0 Å². The monoisotopic (exact) mass is 232 g/mol. The Morgan fingerprint density at radius 3 is 3.24 bits per heavy atom. The van der Waals surface area contributed by atoms with Gasteiger partial charge in [-0.2, -0.15) is 0 Å². The third-order valence-electron chi connectivity index (χ3n) is 3.33. The lowest BCUT2D eigenvalue weighted by Gasteiger charge is -2.21. The summed E-state index contributed by atoms with van der Waals surface area (Å²) in [4.78, 5) is 4.62. The van der Waals surface area contributed by atoms with Crippen LogP contribution in [0.2, 0.25) is 0 Å². The molecule has 2 aromatic heterocycles. The number of furan rings is 1. The number of fused-ring (bicyclic) bond motifs is 1. The molecule has 0 aromatic carbocycles. The maximum atomic E-state index is 9.18. The van der Waals surface area contributed by atoms with E-state index in [1.807, 2.05) is 12.1 Å². The molecule has 4 nitrogen and oxygen atoms in total. The van der Waals surface area contributed by atoms with E-state index in [9.17, 15) is 5.11 Å². The first-order chi connectivity index (χ1) is 8.35. The number of aliphatic hydroxyl groups is 1. The van der Waals surface area contributed by atoms with E-state index in [1.165, 1.54) is 0 Å². The standard InChI is InChI=1S/C13H16N2O2/c16-9-10-3-4-13-14-11(8-15(13)7-10)6-12-2-1-5-17-12/h1-2,5,8,10,16H,3-4,6-7,9H2.